The molecule has 0 aliphatic heterocycles. The zero-order chi connectivity index (χ0) is 7.40. The fraction of sp³-hybridized carbons (Fsp3) is 0.143. The standard InChI is InChI=1S/C7H7N3/c1-10-7(3-2-5-8)4-6-9-10/h2-4,6H,1H3/b3-2+. The van der Waals surface area contributed by atoms with Crippen LogP contribution in [0.4, 0.5) is 0 Å². The van der Waals surface area contributed by atoms with Crippen LogP contribution in [0, 0.1) is 11.3 Å². The predicted molar refractivity (Wildman–Crippen MR) is 37.9 cm³/mol. The number of hydrogen-bond donors (Lipinski definition) is 0. The van der Waals surface area contributed by atoms with Crippen LogP contribution in [-0.4, -0.2) is 9.78 Å². The van der Waals surface area contributed by atoms with E-state index in [2.05, 4.69) is 5.10 Å². The fourth-order valence-corrected chi connectivity index (χ4v) is 0.670. The molecule has 0 aromatic carbocycles. The first kappa shape index (κ1) is 6.56. The Morgan fingerprint density at radius 3 is 3.10 bits per heavy atom. The normalized spacial score (nSPS) is 10.0. The van der Waals surface area contributed by atoms with E-state index in [-0.39, 0.29) is 0 Å². The zero-order valence-electron chi connectivity index (χ0n) is 5.65. The van der Waals surface area contributed by atoms with Crippen LogP contribution in [-0.2, 0) is 7.05 Å². The first-order valence-electron chi connectivity index (χ1n) is 2.89. The second kappa shape index (κ2) is 2.83. The third-order valence-electron chi connectivity index (χ3n) is 1.19. The van der Waals surface area contributed by atoms with Gasteiger partial charge in [-0.25, -0.2) is 0 Å². The van der Waals surface area contributed by atoms with Crippen LogP contribution < -0.4 is 0 Å². The van der Waals surface area contributed by atoms with Crippen molar-refractivity contribution in [2.24, 2.45) is 7.05 Å². The molecule has 0 aliphatic carbocycles. The van der Waals surface area contributed by atoms with Crippen LogP contribution in [0.15, 0.2) is 18.3 Å². The van der Waals surface area contributed by atoms with Gasteiger partial charge >= 0.3 is 0 Å². The number of hydrogen-bond acceptors (Lipinski definition) is 2. The van der Waals surface area contributed by atoms with Crippen molar-refractivity contribution in [1.82, 2.24) is 9.78 Å². The van der Waals surface area contributed by atoms with Crippen LogP contribution in [0.5, 0.6) is 0 Å². The van der Waals surface area contributed by atoms with Crippen LogP contribution in [0.3, 0.4) is 0 Å². The molecule has 1 aromatic rings. The molecule has 10 heavy (non-hydrogen) atoms. The maximum Gasteiger partial charge on any atom is 0.0912 e. The molecular formula is C7H7N3. The lowest BCUT2D eigenvalue weighted by Gasteiger charge is -1.89. The van der Waals surface area contributed by atoms with E-state index >= 15 is 0 Å². The smallest absolute Gasteiger partial charge is 0.0912 e. The summed E-state index contributed by atoms with van der Waals surface area (Å²) in [5.41, 5.74) is 0.932. The van der Waals surface area contributed by atoms with Crippen molar-refractivity contribution in [2.75, 3.05) is 0 Å². The van der Waals surface area contributed by atoms with Crippen molar-refractivity contribution < 1.29 is 0 Å². The van der Waals surface area contributed by atoms with Crippen LogP contribution >= 0.6 is 0 Å². The Kier molecular flexibility index (Phi) is 1.86. The number of allylic oxidation sites excluding steroid dienone is 1. The highest BCUT2D eigenvalue weighted by atomic mass is 15.2. The van der Waals surface area contributed by atoms with Crippen molar-refractivity contribution >= 4 is 6.08 Å². The van der Waals surface area contributed by atoms with Gasteiger partial charge in [-0.1, -0.05) is 0 Å². The van der Waals surface area contributed by atoms with Crippen molar-refractivity contribution in [1.29, 1.82) is 5.26 Å². The van der Waals surface area contributed by atoms with Crippen molar-refractivity contribution in [2.45, 2.75) is 0 Å². The summed E-state index contributed by atoms with van der Waals surface area (Å²) in [6, 6.07) is 3.75. The monoisotopic (exact) mass is 133 g/mol. The molecule has 0 saturated heterocycles. The summed E-state index contributed by atoms with van der Waals surface area (Å²) in [6.07, 6.45) is 4.83. The quantitative estimate of drug-likeness (QED) is 0.535. The number of nitrogens with zero attached hydrogens (tertiary/aromatic N) is 3. The number of nitriles is 1. The average molecular weight is 133 g/mol. The van der Waals surface area contributed by atoms with E-state index in [0.29, 0.717) is 0 Å². The molecule has 1 heterocycles. The third kappa shape index (κ3) is 1.23. The van der Waals surface area contributed by atoms with Gasteiger partial charge in [0.05, 0.1) is 11.8 Å². The molecule has 0 spiro atoms. The first-order chi connectivity index (χ1) is 4.84. The average Bonchev–Trinajstić information content (AvgIpc) is 2.31. The van der Waals surface area contributed by atoms with Crippen LogP contribution in [0.2, 0.25) is 0 Å². The Hall–Kier alpha value is -1.56. The van der Waals surface area contributed by atoms with Crippen LogP contribution in [0.1, 0.15) is 5.69 Å². The maximum atomic E-state index is 8.19. The molecule has 0 bridgehead atoms. The molecule has 50 valence electrons. The molecule has 0 N–H and O–H groups in total. The van der Waals surface area contributed by atoms with Gasteiger partial charge in [-0.2, -0.15) is 10.4 Å². The van der Waals surface area contributed by atoms with Crippen molar-refractivity contribution in [3.05, 3.63) is 24.0 Å². The van der Waals surface area contributed by atoms with E-state index in [9.17, 15) is 0 Å². The third-order valence-corrected chi connectivity index (χ3v) is 1.19. The minimum atomic E-state index is 0.932. The van der Waals surface area contributed by atoms with Gasteiger partial charge in [0.15, 0.2) is 0 Å². The molecule has 0 unspecified atom stereocenters. The molecule has 0 atom stereocenters. The minimum absolute atomic E-state index is 0.932. The van der Waals surface area contributed by atoms with Gasteiger partial charge in [-0.05, 0) is 12.1 Å². The molecule has 0 radical (unpaired) electrons. The summed E-state index contributed by atoms with van der Waals surface area (Å²) in [4.78, 5) is 0. The summed E-state index contributed by atoms with van der Waals surface area (Å²) < 4.78 is 1.70. The molecule has 0 saturated carbocycles. The highest BCUT2D eigenvalue weighted by Gasteiger charge is 1.89. The SMILES string of the molecule is Cn1nccc1/C=C/C#N. The van der Waals surface area contributed by atoms with Crippen molar-refractivity contribution in [3.8, 4) is 6.07 Å². The maximum absolute atomic E-state index is 8.19. The molecule has 1 rings (SSSR count). The molecule has 0 amide bonds. The molecule has 0 aliphatic rings. The van der Waals surface area contributed by atoms with Gasteiger partial charge in [0.25, 0.3) is 0 Å². The Labute approximate surface area is 59.2 Å². The Balaban J connectivity index is 2.87. The highest BCUT2D eigenvalue weighted by molar-refractivity contribution is 5.47. The second-order valence-corrected chi connectivity index (χ2v) is 1.84. The van der Waals surface area contributed by atoms with Crippen LogP contribution in [0.25, 0.3) is 6.08 Å². The van der Waals surface area contributed by atoms with Gasteiger partial charge in [0.1, 0.15) is 0 Å². The summed E-state index contributed by atoms with van der Waals surface area (Å²) in [7, 11) is 1.83. The molecule has 1 aromatic heterocycles. The lowest BCUT2D eigenvalue weighted by Crippen LogP contribution is -1.91. The van der Waals surface area contributed by atoms with E-state index in [4.69, 9.17) is 5.26 Å². The van der Waals surface area contributed by atoms with E-state index in [1.54, 1.807) is 17.0 Å². The van der Waals surface area contributed by atoms with Crippen molar-refractivity contribution in [3.63, 3.8) is 0 Å². The van der Waals surface area contributed by atoms with Gasteiger partial charge in [0.2, 0.25) is 0 Å². The number of aryl methyl sites for hydroxylation is 1. The Bertz CT molecular complexity index is 277. The summed E-state index contributed by atoms with van der Waals surface area (Å²) in [5, 5.41) is 12.1. The number of rotatable bonds is 1. The predicted octanol–water partition coefficient (Wildman–Crippen LogP) is 0.957. The molecular weight excluding hydrogens is 126 g/mol. The summed E-state index contributed by atoms with van der Waals surface area (Å²) in [6.45, 7) is 0. The largest absolute Gasteiger partial charge is 0.269 e. The number of aromatic nitrogens is 2. The Morgan fingerprint density at radius 1 is 1.80 bits per heavy atom. The Morgan fingerprint density at radius 2 is 2.60 bits per heavy atom. The summed E-state index contributed by atoms with van der Waals surface area (Å²) >= 11 is 0. The van der Waals surface area contributed by atoms with Gasteiger partial charge < -0.3 is 0 Å². The lowest BCUT2D eigenvalue weighted by atomic mass is 10.4. The topological polar surface area (TPSA) is 41.6 Å². The van der Waals surface area contributed by atoms with E-state index in [0.717, 1.165) is 5.69 Å². The molecule has 3 heteroatoms. The van der Waals surface area contributed by atoms with E-state index in [1.807, 2.05) is 19.2 Å². The van der Waals surface area contributed by atoms with Gasteiger partial charge in [0, 0.05) is 19.3 Å². The van der Waals surface area contributed by atoms with Gasteiger partial charge in [-0.15, -0.1) is 0 Å². The second-order valence-electron chi connectivity index (χ2n) is 1.84. The minimum Gasteiger partial charge on any atom is -0.269 e. The molecule has 3 nitrogen and oxygen atoms in total. The molecule has 0 fully saturated rings. The summed E-state index contributed by atoms with van der Waals surface area (Å²) in [5.74, 6) is 0. The first-order valence-corrected chi connectivity index (χ1v) is 2.89. The highest BCUT2D eigenvalue weighted by Crippen LogP contribution is 1.97. The zero-order valence-corrected chi connectivity index (χ0v) is 5.65. The lowest BCUT2D eigenvalue weighted by molar-refractivity contribution is 0.759. The fourth-order valence-electron chi connectivity index (χ4n) is 0.670. The van der Waals surface area contributed by atoms with E-state index < -0.39 is 0 Å². The van der Waals surface area contributed by atoms with Gasteiger partial charge in [-0.3, -0.25) is 4.68 Å². The van der Waals surface area contributed by atoms with E-state index in [1.165, 1.54) is 6.08 Å².